The number of hydrogen-bond acceptors (Lipinski definition) is 6. The van der Waals surface area contributed by atoms with Crippen molar-refractivity contribution in [1.82, 2.24) is 10.2 Å². The van der Waals surface area contributed by atoms with Crippen LogP contribution in [0.2, 0.25) is 0 Å². The lowest BCUT2D eigenvalue weighted by molar-refractivity contribution is -0.151. The highest BCUT2D eigenvalue weighted by Crippen LogP contribution is 2.21. The molecule has 160 valence electrons. The lowest BCUT2D eigenvalue weighted by Gasteiger charge is -2.33. The number of carbonyl (C=O) groups is 3. The van der Waals surface area contributed by atoms with Crippen molar-refractivity contribution >= 4 is 23.5 Å². The van der Waals surface area contributed by atoms with Crippen molar-refractivity contribution in [2.75, 3.05) is 38.2 Å². The molecular formula is C21H31N3O5. The number of ether oxygens (including phenoxy) is 2. The molecule has 2 rings (SSSR count). The van der Waals surface area contributed by atoms with Crippen LogP contribution in [0, 0.1) is 5.92 Å². The Balaban J connectivity index is 1.79. The van der Waals surface area contributed by atoms with Gasteiger partial charge < -0.3 is 25.0 Å². The molecule has 2 N–H and O–H groups in total. The van der Waals surface area contributed by atoms with Crippen LogP contribution in [-0.2, 0) is 19.1 Å². The smallest absolute Gasteiger partial charge is 0.309 e. The van der Waals surface area contributed by atoms with Crippen molar-refractivity contribution in [3.8, 4) is 5.75 Å². The van der Waals surface area contributed by atoms with Crippen molar-refractivity contribution < 1.29 is 23.9 Å². The Hall–Kier alpha value is -2.77. The first-order chi connectivity index (χ1) is 13.9. The minimum absolute atomic E-state index is 0.00359. The van der Waals surface area contributed by atoms with Gasteiger partial charge in [0.1, 0.15) is 11.8 Å². The predicted octanol–water partition coefficient (Wildman–Crippen LogP) is 1.80. The maximum Gasteiger partial charge on any atom is 0.309 e. The molecule has 1 saturated heterocycles. The van der Waals surface area contributed by atoms with E-state index in [-0.39, 0.29) is 30.3 Å². The predicted molar refractivity (Wildman–Crippen MR) is 110 cm³/mol. The van der Waals surface area contributed by atoms with E-state index in [1.54, 1.807) is 24.0 Å². The van der Waals surface area contributed by atoms with Crippen LogP contribution in [0.3, 0.4) is 0 Å². The quantitative estimate of drug-likeness (QED) is 0.608. The monoisotopic (exact) mass is 405 g/mol. The summed E-state index contributed by atoms with van der Waals surface area (Å²) in [6.07, 6.45) is 1.27. The molecule has 8 nitrogen and oxygen atoms in total. The van der Waals surface area contributed by atoms with Crippen LogP contribution in [0.15, 0.2) is 24.3 Å². The number of hydrogen-bond donors (Lipinski definition) is 2. The number of likely N-dealkylation sites (N-methyl/N-ethyl adjacent to an activating group) is 1. The summed E-state index contributed by atoms with van der Waals surface area (Å²) in [5.74, 6) is 0.140. The third-order valence-corrected chi connectivity index (χ3v) is 4.78. The summed E-state index contributed by atoms with van der Waals surface area (Å²) < 4.78 is 10.5. The van der Waals surface area contributed by atoms with Gasteiger partial charge in [-0.1, -0.05) is 0 Å². The molecule has 0 radical (unpaired) electrons. The Labute approximate surface area is 171 Å². The van der Waals surface area contributed by atoms with Gasteiger partial charge in [0, 0.05) is 25.3 Å². The summed E-state index contributed by atoms with van der Waals surface area (Å²) in [7, 11) is 0. The number of likely N-dealkylation sites (tertiary alicyclic amines) is 1. The van der Waals surface area contributed by atoms with Gasteiger partial charge >= 0.3 is 5.97 Å². The molecule has 0 aliphatic carbocycles. The van der Waals surface area contributed by atoms with Crippen LogP contribution in [0.25, 0.3) is 0 Å². The van der Waals surface area contributed by atoms with Crippen molar-refractivity contribution in [3.05, 3.63) is 24.3 Å². The zero-order chi connectivity index (χ0) is 21.2. The number of rotatable bonds is 9. The number of amides is 2. The second-order valence-corrected chi connectivity index (χ2v) is 6.98. The van der Waals surface area contributed by atoms with E-state index in [0.29, 0.717) is 44.8 Å². The van der Waals surface area contributed by atoms with Gasteiger partial charge in [0.2, 0.25) is 5.91 Å². The third-order valence-electron chi connectivity index (χ3n) is 4.78. The molecule has 0 bridgehead atoms. The van der Waals surface area contributed by atoms with Gasteiger partial charge in [0.25, 0.3) is 5.91 Å². The number of benzene rings is 1. The normalized spacial score (nSPS) is 15.3. The van der Waals surface area contributed by atoms with Crippen molar-refractivity contribution in [2.45, 2.75) is 39.7 Å². The van der Waals surface area contributed by atoms with E-state index in [1.165, 1.54) is 0 Å². The van der Waals surface area contributed by atoms with Crippen molar-refractivity contribution in [2.24, 2.45) is 5.92 Å². The molecule has 1 unspecified atom stereocenters. The zero-order valence-electron chi connectivity index (χ0n) is 17.4. The highest BCUT2D eigenvalue weighted by atomic mass is 16.5. The van der Waals surface area contributed by atoms with Gasteiger partial charge in [-0.05, 0) is 57.9 Å². The molecule has 1 aromatic carbocycles. The van der Waals surface area contributed by atoms with Gasteiger partial charge in [-0.15, -0.1) is 0 Å². The number of anilines is 1. The number of carbonyl (C=O) groups excluding carboxylic acids is 3. The fourth-order valence-electron chi connectivity index (χ4n) is 3.23. The van der Waals surface area contributed by atoms with E-state index in [1.807, 2.05) is 26.0 Å². The number of nitrogens with one attached hydrogen (secondary N) is 2. The summed E-state index contributed by atoms with van der Waals surface area (Å²) in [4.78, 5) is 37.7. The summed E-state index contributed by atoms with van der Waals surface area (Å²) in [5, 5.41) is 5.86. The number of nitrogens with zero attached hydrogens (tertiary/aromatic N) is 1. The molecule has 1 fully saturated rings. The molecule has 1 heterocycles. The Morgan fingerprint density at radius 3 is 2.38 bits per heavy atom. The molecule has 8 heteroatoms. The zero-order valence-corrected chi connectivity index (χ0v) is 17.4. The van der Waals surface area contributed by atoms with Crippen molar-refractivity contribution in [1.29, 1.82) is 0 Å². The largest absolute Gasteiger partial charge is 0.484 e. The second kappa shape index (κ2) is 11.3. The maximum atomic E-state index is 12.7. The van der Waals surface area contributed by atoms with E-state index in [4.69, 9.17) is 9.47 Å². The SMILES string of the molecule is CCNC(=O)COc1ccc(NC(C)C(=O)N2CCC(C(=O)OCC)CC2)cc1. The van der Waals surface area contributed by atoms with Crippen LogP contribution in [-0.4, -0.2) is 61.6 Å². The van der Waals surface area contributed by atoms with E-state index in [2.05, 4.69) is 10.6 Å². The Morgan fingerprint density at radius 1 is 1.14 bits per heavy atom. The molecule has 1 atom stereocenters. The topological polar surface area (TPSA) is 97.0 Å². The third kappa shape index (κ3) is 6.96. The second-order valence-electron chi connectivity index (χ2n) is 6.98. The van der Waals surface area contributed by atoms with Crippen LogP contribution in [0.5, 0.6) is 5.75 Å². The fraction of sp³-hybridized carbons (Fsp3) is 0.571. The molecule has 1 aliphatic rings. The van der Waals surface area contributed by atoms with Gasteiger partial charge in [-0.2, -0.15) is 0 Å². The lowest BCUT2D eigenvalue weighted by Crippen LogP contribution is -2.46. The van der Waals surface area contributed by atoms with Crippen LogP contribution in [0.4, 0.5) is 5.69 Å². The highest BCUT2D eigenvalue weighted by molar-refractivity contribution is 5.84. The van der Waals surface area contributed by atoms with Gasteiger partial charge in [-0.25, -0.2) is 0 Å². The average molecular weight is 405 g/mol. The van der Waals surface area contributed by atoms with E-state index < -0.39 is 6.04 Å². The maximum absolute atomic E-state index is 12.7. The fourth-order valence-corrected chi connectivity index (χ4v) is 3.23. The molecule has 29 heavy (non-hydrogen) atoms. The summed E-state index contributed by atoms with van der Waals surface area (Å²) >= 11 is 0. The first kappa shape index (κ1) is 22.5. The van der Waals surface area contributed by atoms with Crippen LogP contribution >= 0.6 is 0 Å². The minimum Gasteiger partial charge on any atom is -0.484 e. The van der Waals surface area contributed by atoms with Crippen molar-refractivity contribution in [3.63, 3.8) is 0 Å². The molecule has 0 aromatic heterocycles. The Morgan fingerprint density at radius 2 is 1.79 bits per heavy atom. The first-order valence-corrected chi connectivity index (χ1v) is 10.2. The Kier molecular flexibility index (Phi) is 8.76. The summed E-state index contributed by atoms with van der Waals surface area (Å²) in [5.41, 5.74) is 0.789. The molecule has 0 saturated carbocycles. The first-order valence-electron chi connectivity index (χ1n) is 10.2. The van der Waals surface area contributed by atoms with Gasteiger partial charge in [0.15, 0.2) is 6.61 Å². The van der Waals surface area contributed by atoms with E-state index >= 15 is 0 Å². The molecular weight excluding hydrogens is 374 g/mol. The summed E-state index contributed by atoms with van der Waals surface area (Å²) in [6.45, 7) is 7.50. The van der Waals surface area contributed by atoms with Crippen LogP contribution < -0.4 is 15.4 Å². The summed E-state index contributed by atoms with van der Waals surface area (Å²) in [6, 6.07) is 6.73. The van der Waals surface area contributed by atoms with Gasteiger partial charge in [0.05, 0.1) is 12.5 Å². The van der Waals surface area contributed by atoms with Crippen LogP contribution in [0.1, 0.15) is 33.6 Å². The standard InChI is InChI=1S/C21H31N3O5/c1-4-22-19(25)14-29-18-8-6-17(7-9-18)23-15(3)20(26)24-12-10-16(11-13-24)21(27)28-5-2/h6-9,15-16,23H,4-5,10-14H2,1-3H3,(H,22,25). The molecule has 1 aliphatic heterocycles. The lowest BCUT2D eigenvalue weighted by atomic mass is 9.96. The highest BCUT2D eigenvalue weighted by Gasteiger charge is 2.30. The molecule has 2 amide bonds. The Bertz CT molecular complexity index is 684. The number of piperidine rings is 1. The minimum atomic E-state index is -0.392. The number of esters is 1. The van der Waals surface area contributed by atoms with Gasteiger partial charge in [-0.3, -0.25) is 14.4 Å². The molecule has 1 aromatic rings. The molecule has 0 spiro atoms. The van der Waals surface area contributed by atoms with E-state index in [0.717, 1.165) is 5.69 Å². The average Bonchev–Trinajstić information content (AvgIpc) is 2.73. The van der Waals surface area contributed by atoms with E-state index in [9.17, 15) is 14.4 Å².